The molecule has 0 spiro atoms. The van der Waals surface area contributed by atoms with Gasteiger partial charge in [-0.3, -0.25) is 9.69 Å². The Bertz CT molecular complexity index is 496. The number of hydrogen-bond donors (Lipinski definition) is 0. The fourth-order valence-corrected chi connectivity index (χ4v) is 2.30. The molecule has 1 aromatic heterocycles. The van der Waals surface area contributed by atoms with Crippen LogP contribution in [0.25, 0.3) is 0 Å². The van der Waals surface area contributed by atoms with Crippen LogP contribution in [0.15, 0.2) is 41.2 Å². The minimum atomic E-state index is -0.144. The Labute approximate surface area is 111 Å². The number of rotatable bonds is 5. The van der Waals surface area contributed by atoms with Crippen molar-refractivity contribution in [3.05, 3.63) is 52.5 Å². The van der Waals surface area contributed by atoms with Gasteiger partial charge in [-0.1, -0.05) is 30.3 Å². The van der Waals surface area contributed by atoms with Gasteiger partial charge in [-0.05, 0) is 14.0 Å². The van der Waals surface area contributed by atoms with Gasteiger partial charge in [0, 0.05) is 17.5 Å². The normalized spacial score (nSPS) is 12.6. The van der Waals surface area contributed by atoms with E-state index in [2.05, 4.69) is 4.98 Å². The molecular formula is C14H16N2OS. The highest BCUT2D eigenvalue weighted by atomic mass is 32.1. The van der Waals surface area contributed by atoms with E-state index in [-0.39, 0.29) is 11.8 Å². The third-order valence-corrected chi connectivity index (χ3v) is 3.63. The number of hydrogen-bond acceptors (Lipinski definition) is 4. The molecule has 0 saturated carbocycles. The van der Waals surface area contributed by atoms with Crippen LogP contribution in [-0.4, -0.2) is 28.8 Å². The molecule has 0 aliphatic rings. The van der Waals surface area contributed by atoms with E-state index in [0.717, 1.165) is 11.3 Å². The highest BCUT2D eigenvalue weighted by Crippen LogP contribution is 2.11. The van der Waals surface area contributed by atoms with Crippen LogP contribution in [0.3, 0.4) is 0 Å². The summed E-state index contributed by atoms with van der Waals surface area (Å²) in [6, 6.07) is 9.26. The van der Waals surface area contributed by atoms with Crippen molar-refractivity contribution in [1.29, 1.82) is 0 Å². The molecule has 4 heteroatoms. The maximum absolute atomic E-state index is 12.3. The van der Waals surface area contributed by atoms with Gasteiger partial charge < -0.3 is 0 Å². The van der Waals surface area contributed by atoms with Gasteiger partial charge in [0.25, 0.3) is 0 Å². The summed E-state index contributed by atoms with van der Waals surface area (Å²) >= 11 is 1.58. The number of carbonyl (C=O) groups excluding carboxylic acids is 1. The Morgan fingerprint density at radius 2 is 2.11 bits per heavy atom. The van der Waals surface area contributed by atoms with Crippen molar-refractivity contribution in [3.63, 3.8) is 0 Å². The van der Waals surface area contributed by atoms with Gasteiger partial charge in [-0.15, -0.1) is 11.3 Å². The highest BCUT2D eigenvalue weighted by molar-refractivity contribution is 7.07. The van der Waals surface area contributed by atoms with E-state index in [4.69, 9.17) is 0 Å². The number of Topliss-reactive ketones (excluding diaryl/α,β-unsaturated/α-hetero) is 1. The molecule has 2 aromatic rings. The molecular weight excluding hydrogens is 244 g/mol. The second kappa shape index (κ2) is 5.89. The van der Waals surface area contributed by atoms with Crippen molar-refractivity contribution in [3.8, 4) is 0 Å². The van der Waals surface area contributed by atoms with Crippen LogP contribution >= 0.6 is 11.3 Å². The van der Waals surface area contributed by atoms with E-state index >= 15 is 0 Å². The Kier molecular flexibility index (Phi) is 4.23. The number of nitrogens with zero attached hydrogens (tertiary/aromatic N) is 2. The molecule has 0 bridgehead atoms. The first-order chi connectivity index (χ1) is 8.68. The second-order valence-electron chi connectivity index (χ2n) is 4.30. The van der Waals surface area contributed by atoms with Gasteiger partial charge >= 0.3 is 0 Å². The number of thiazole rings is 1. The summed E-state index contributed by atoms with van der Waals surface area (Å²) in [6.45, 7) is 2.63. The van der Waals surface area contributed by atoms with Gasteiger partial charge in [0.15, 0.2) is 5.78 Å². The summed E-state index contributed by atoms with van der Waals surface area (Å²) < 4.78 is 0. The Hall–Kier alpha value is -1.52. The summed E-state index contributed by atoms with van der Waals surface area (Å²) in [7, 11) is 1.95. The number of likely N-dealkylation sites (N-methyl/N-ethyl adjacent to an activating group) is 1. The standard InChI is InChI=1S/C14H16N2OS/c1-11(14(17)12-6-4-3-5-7-12)16(2)8-13-9-18-10-15-13/h3-7,9-11H,8H2,1-2H3. The third-order valence-electron chi connectivity index (χ3n) is 2.99. The lowest BCUT2D eigenvalue weighted by atomic mass is 10.0. The summed E-state index contributed by atoms with van der Waals surface area (Å²) in [6.07, 6.45) is 0. The molecule has 1 aromatic carbocycles. The van der Waals surface area contributed by atoms with E-state index in [0.29, 0.717) is 6.54 Å². The van der Waals surface area contributed by atoms with E-state index in [1.165, 1.54) is 0 Å². The summed E-state index contributed by atoms with van der Waals surface area (Å²) in [5.41, 5.74) is 3.58. The van der Waals surface area contributed by atoms with Crippen molar-refractivity contribution < 1.29 is 4.79 Å². The van der Waals surface area contributed by atoms with E-state index < -0.39 is 0 Å². The molecule has 94 valence electrons. The van der Waals surface area contributed by atoms with Gasteiger partial charge in [0.2, 0.25) is 0 Å². The van der Waals surface area contributed by atoms with Crippen molar-refractivity contribution in [2.75, 3.05) is 7.05 Å². The lowest BCUT2D eigenvalue weighted by molar-refractivity contribution is 0.0861. The zero-order chi connectivity index (χ0) is 13.0. The first-order valence-electron chi connectivity index (χ1n) is 5.85. The average molecular weight is 260 g/mol. The average Bonchev–Trinajstić information content (AvgIpc) is 2.91. The van der Waals surface area contributed by atoms with Gasteiger partial charge in [-0.25, -0.2) is 4.98 Å². The van der Waals surface area contributed by atoms with E-state index in [1.807, 2.05) is 60.1 Å². The van der Waals surface area contributed by atoms with Crippen molar-refractivity contribution in [2.45, 2.75) is 19.5 Å². The second-order valence-corrected chi connectivity index (χ2v) is 5.02. The first-order valence-corrected chi connectivity index (χ1v) is 6.79. The Balaban J connectivity index is 2.02. The topological polar surface area (TPSA) is 33.2 Å². The smallest absolute Gasteiger partial charge is 0.179 e. The van der Waals surface area contributed by atoms with Crippen LogP contribution in [-0.2, 0) is 6.54 Å². The van der Waals surface area contributed by atoms with Crippen LogP contribution in [0.1, 0.15) is 23.0 Å². The lowest BCUT2D eigenvalue weighted by Crippen LogP contribution is -2.35. The lowest BCUT2D eigenvalue weighted by Gasteiger charge is -2.22. The van der Waals surface area contributed by atoms with Crippen LogP contribution in [0.5, 0.6) is 0 Å². The summed E-state index contributed by atoms with van der Waals surface area (Å²) in [5, 5.41) is 2.01. The van der Waals surface area contributed by atoms with E-state index in [9.17, 15) is 4.79 Å². The fourth-order valence-electron chi connectivity index (χ4n) is 1.75. The highest BCUT2D eigenvalue weighted by Gasteiger charge is 2.19. The Morgan fingerprint density at radius 3 is 2.72 bits per heavy atom. The monoisotopic (exact) mass is 260 g/mol. The van der Waals surface area contributed by atoms with Crippen molar-refractivity contribution in [2.24, 2.45) is 0 Å². The molecule has 0 N–H and O–H groups in total. The SMILES string of the molecule is CC(C(=O)c1ccccc1)N(C)Cc1cscn1. The van der Waals surface area contributed by atoms with Crippen LogP contribution in [0.4, 0.5) is 0 Å². The number of carbonyl (C=O) groups is 1. The molecule has 0 aliphatic carbocycles. The van der Waals surface area contributed by atoms with Crippen LogP contribution < -0.4 is 0 Å². The molecule has 0 amide bonds. The molecule has 0 aliphatic heterocycles. The molecule has 2 rings (SSSR count). The molecule has 1 unspecified atom stereocenters. The minimum Gasteiger partial charge on any atom is -0.292 e. The van der Waals surface area contributed by atoms with Crippen molar-refractivity contribution in [1.82, 2.24) is 9.88 Å². The quantitative estimate of drug-likeness (QED) is 0.775. The van der Waals surface area contributed by atoms with Crippen LogP contribution in [0.2, 0.25) is 0 Å². The molecule has 1 heterocycles. The number of benzene rings is 1. The summed E-state index contributed by atoms with van der Waals surface area (Å²) in [4.78, 5) is 18.5. The Morgan fingerprint density at radius 1 is 1.39 bits per heavy atom. The van der Waals surface area contributed by atoms with Gasteiger partial charge in [0.1, 0.15) is 0 Å². The molecule has 3 nitrogen and oxygen atoms in total. The van der Waals surface area contributed by atoms with Gasteiger partial charge in [-0.2, -0.15) is 0 Å². The van der Waals surface area contributed by atoms with E-state index in [1.54, 1.807) is 11.3 Å². The zero-order valence-electron chi connectivity index (χ0n) is 10.5. The predicted molar refractivity (Wildman–Crippen MR) is 73.8 cm³/mol. The maximum atomic E-state index is 12.3. The van der Waals surface area contributed by atoms with Crippen molar-refractivity contribution >= 4 is 17.1 Å². The molecule has 1 atom stereocenters. The largest absolute Gasteiger partial charge is 0.292 e. The van der Waals surface area contributed by atoms with Gasteiger partial charge in [0.05, 0.1) is 17.2 Å². The molecule has 18 heavy (non-hydrogen) atoms. The first kappa shape index (κ1) is 12.9. The zero-order valence-corrected chi connectivity index (χ0v) is 11.4. The maximum Gasteiger partial charge on any atom is 0.179 e. The third kappa shape index (κ3) is 3.03. The summed E-state index contributed by atoms with van der Waals surface area (Å²) in [5.74, 6) is 0.147. The van der Waals surface area contributed by atoms with Crippen LogP contribution in [0, 0.1) is 0 Å². The molecule has 0 radical (unpaired) electrons. The minimum absolute atomic E-state index is 0.144. The molecule has 0 fully saturated rings. The number of aromatic nitrogens is 1. The number of ketones is 1. The predicted octanol–water partition coefficient (Wildman–Crippen LogP) is 2.85. The fraction of sp³-hybridized carbons (Fsp3) is 0.286. The molecule has 0 saturated heterocycles.